The molecule has 2 aliphatic rings. The van der Waals surface area contributed by atoms with Crippen molar-refractivity contribution in [3.8, 4) is 11.4 Å². The van der Waals surface area contributed by atoms with Crippen LogP contribution in [0, 0.1) is 0 Å². The number of fused-ring (bicyclic) bond motifs is 1. The number of imidazole rings is 1. The summed E-state index contributed by atoms with van der Waals surface area (Å²) in [4.78, 5) is 42.7. The van der Waals surface area contributed by atoms with E-state index in [9.17, 15) is 9.59 Å². The van der Waals surface area contributed by atoms with E-state index in [2.05, 4.69) is 30.4 Å². The van der Waals surface area contributed by atoms with Crippen molar-refractivity contribution in [2.24, 2.45) is 0 Å². The molecule has 2 aliphatic heterocycles. The molecule has 0 unspecified atom stereocenters. The average Bonchev–Trinajstić information content (AvgIpc) is 3.53. The maximum absolute atomic E-state index is 12.9. The van der Waals surface area contributed by atoms with Gasteiger partial charge >= 0.3 is 0 Å². The number of nitrogens with one attached hydrogen (secondary N) is 3. The Morgan fingerprint density at radius 3 is 2.00 bits per heavy atom. The first-order valence-corrected chi connectivity index (χ1v) is 15.0. The molecule has 7 rings (SSSR count). The molecular formula is C34H33N7O4. The van der Waals surface area contributed by atoms with Gasteiger partial charge in [-0.3, -0.25) is 9.59 Å². The van der Waals surface area contributed by atoms with Crippen LogP contribution < -0.4 is 20.4 Å². The van der Waals surface area contributed by atoms with E-state index < -0.39 is 0 Å². The maximum atomic E-state index is 12.9. The number of rotatable bonds is 7. The van der Waals surface area contributed by atoms with Gasteiger partial charge in [0.25, 0.3) is 11.8 Å². The van der Waals surface area contributed by atoms with E-state index in [1.165, 1.54) is 0 Å². The van der Waals surface area contributed by atoms with E-state index in [4.69, 9.17) is 14.5 Å². The molecule has 0 aliphatic carbocycles. The van der Waals surface area contributed by atoms with Crippen molar-refractivity contribution >= 4 is 45.7 Å². The number of morpholine rings is 2. The highest BCUT2D eigenvalue weighted by atomic mass is 16.5. The van der Waals surface area contributed by atoms with E-state index in [1.54, 1.807) is 24.4 Å². The van der Waals surface area contributed by atoms with Crippen LogP contribution in [-0.2, 0) is 9.47 Å². The number of nitrogens with zero attached hydrogens (tertiary/aromatic N) is 4. The summed E-state index contributed by atoms with van der Waals surface area (Å²) in [6.07, 6.45) is 1.60. The summed E-state index contributed by atoms with van der Waals surface area (Å²) in [5, 5.41) is 5.92. The number of amides is 2. The maximum Gasteiger partial charge on any atom is 0.257 e. The number of H-pyrrole nitrogens is 1. The topological polar surface area (TPSA) is 125 Å². The van der Waals surface area contributed by atoms with E-state index >= 15 is 0 Å². The van der Waals surface area contributed by atoms with Crippen molar-refractivity contribution in [3.05, 3.63) is 96.2 Å². The number of hydrogen-bond donors (Lipinski definition) is 3. The summed E-state index contributed by atoms with van der Waals surface area (Å²) in [6.45, 7) is 6.11. The molecular weight excluding hydrogens is 570 g/mol. The monoisotopic (exact) mass is 603 g/mol. The highest BCUT2D eigenvalue weighted by Crippen LogP contribution is 2.25. The molecule has 0 bridgehead atoms. The zero-order valence-corrected chi connectivity index (χ0v) is 24.7. The quantitative estimate of drug-likeness (QED) is 0.242. The van der Waals surface area contributed by atoms with Crippen LogP contribution in [0.15, 0.2) is 85.1 Å². The lowest BCUT2D eigenvalue weighted by Gasteiger charge is -2.28. The van der Waals surface area contributed by atoms with Crippen LogP contribution in [0.25, 0.3) is 22.4 Å². The van der Waals surface area contributed by atoms with Gasteiger partial charge in [0, 0.05) is 60.6 Å². The first kappa shape index (κ1) is 28.5. The fraction of sp³-hybridized carbons (Fsp3) is 0.235. The van der Waals surface area contributed by atoms with Gasteiger partial charge in [0.1, 0.15) is 11.6 Å². The fourth-order valence-corrected chi connectivity index (χ4v) is 5.49. The summed E-state index contributed by atoms with van der Waals surface area (Å²) in [6, 6.07) is 24.3. The molecule has 228 valence electrons. The standard InChI is InChI=1S/C34H33N7O4/c42-33(36-26-6-9-28(10-7-26)40-13-17-44-18-14-40)24-3-1-23(2-4-24)32-38-29-11-8-27(21-30(29)39-32)37-34(43)25-5-12-31(35-22-25)41-15-19-45-20-16-41/h1-12,21-22H,13-20H2,(H,36,42)(H,37,43)(H,38,39). The second kappa shape index (κ2) is 12.8. The van der Waals surface area contributed by atoms with Crippen LogP contribution in [0.4, 0.5) is 22.9 Å². The summed E-state index contributed by atoms with van der Waals surface area (Å²) in [5.41, 5.74) is 5.92. The normalized spacial score (nSPS) is 15.2. The Morgan fingerprint density at radius 1 is 0.689 bits per heavy atom. The molecule has 0 spiro atoms. The Hall–Kier alpha value is -5.26. The molecule has 3 N–H and O–H groups in total. The second-order valence-corrected chi connectivity index (χ2v) is 11.0. The number of aromatic nitrogens is 3. The molecule has 11 nitrogen and oxygen atoms in total. The van der Waals surface area contributed by atoms with E-state index in [1.807, 2.05) is 60.7 Å². The van der Waals surface area contributed by atoms with Crippen LogP contribution in [0.1, 0.15) is 20.7 Å². The first-order valence-electron chi connectivity index (χ1n) is 15.0. The minimum absolute atomic E-state index is 0.184. The zero-order valence-electron chi connectivity index (χ0n) is 24.7. The highest BCUT2D eigenvalue weighted by Gasteiger charge is 2.15. The fourth-order valence-electron chi connectivity index (χ4n) is 5.49. The molecule has 2 saturated heterocycles. The molecule has 0 atom stereocenters. The van der Waals surface area contributed by atoms with E-state index in [0.29, 0.717) is 35.9 Å². The number of aromatic amines is 1. The van der Waals surface area contributed by atoms with Gasteiger partial charge in [-0.1, -0.05) is 12.1 Å². The Bertz CT molecular complexity index is 1790. The predicted molar refractivity (Wildman–Crippen MR) is 174 cm³/mol. The highest BCUT2D eigenvalue weighted by molar-refractivity contribution is 6.05. The minimum atomic E-state index is -0.239. The minimum Gasteiger partial charge on any atom is -0.378 e. The average molecular weight is 604 g/mol. The third-order valence-corrected chi connectivity index (χ3v) is 8.01. The summed E-state index contributed by atoms with van der Waals surface area (Å²) in [5.74, 6) is 1.08. The van der Waals surface area contributed by atoms with Crippen LogP contribution in [-0.4, -0.2) is 79.4 Å². The molecule has 0 saturated carbocycles. The Balaban J connectivity index is 0.978. The third kappa shape index (κ3) is 6.49. The lowest BCUT2D eigenvalue weighted by molar-refractivity contribution is 0.101. The van der Waals surface area contributed by atoms with E-state index in [-0.39, 0.29) is 11.8 Å². The number of ether oxygens (including phenoxy) is 2. The number of carbonyl (C=O) groups excluding carboxylic acids is 2. The molecule has 2 aromatic heterocycles. The van der Waals surface area contributed by atoms with Crippen LogP contribution in [0.5, 0.6) is 0 Å². The van der Waals surface area contributed by atoms with Gasteiger partial charge in [0.05, 0.1) is 43.0 Å². The number of hydrogen-bond acceptors (Lipinski definition) is 8. The van der Waals surface area contributed by atoms with Crippen molar-refractivity contribution < 1.29 is 19.1 Å². The lowest BCUT2D eigenvalue weighted by atomic mass is 10.1. The first-order chi connectivity index (χ1) is 22.1. The third-order valence-electron chi connectivity index (χ3n) is 8.01. The second-order valence-electron chi connectivity index (χ2n) is 11.0. The molecule has 4 heterocycles. The summed E-state index contributed by atoms with van der Waals surface area (Å²) in [7, 11) is 0. The van der Waals surface area contributed by atoms with Crippen molar-refractivity contribution in [1.82, 2.24) is 15.0 Å². The van der Waals surface area contributed by atoms with E-state index in [0.717, 1.165) is 73.2 Å². The van der Waals surface area contributed by atoms with Crippen LogP contribution in [0.2, 0.25) is 0 Å². The van der Waals surface area contributed by atoms with Crippen LogP contribution >= 0.6 is 0 Å². The molecule has 11 heteroatoms. The molecule has 2 amide bonds. The Labute approximate surface area is 260 Å². The molecule has 0 radical (unpaired) electrons. The number of carbonyl (C=O) groups is 2. The van der Waals surface area contributed by atoms with Crippen molar-refractivity contribution in [2.75, 3.05) is 73.0 Å². The van der Waals surface area contributed by atoms with Gasteiger partial charge in [0.15, 0.2) is 0 Å². The zero-order chi connectivity index (χ0) is 30.6. The summed E-state index contributed by atoms with van der Waals surface area (Å²) < 4.78 is 10.8. The summed E-state index contributed by atoms with van der Waals surface area (Å²) >= 11 is 0. The van der Waals surface area contributed by atoms with Crippen LogP contribution in [0.3, 0.4) is 0 Å². The van der Waals surface area contributed by atoms with Crippen molar-refractivity contribution in [1.29, 1.82) is 0 Å². The van der Waals surface area contributed by atoms with Gasteiger partial charge in [-0.05, 0) is 66.7 Å². The van der Waals surface area contributed by atoms with Gasteiger partial charge in [-0.2, -0.15) is 0 Å². The molecule has 3 aromatic carbocycles. The SMILES string of the molecule is O=C(Nc1ccc(N2CCOCC2)cc1)c1ccc(-c2nc3ccc(NC(=O)c4ccc(N5CCOCC5)nc4)cc3[nH]2)cc1. The lowest BCUT2D eigenvalue weighted by Crippen LogP contribution is -2.36. The van der Waals surface area contributed by atoms with Crippen molar-refractivity contribution in [3.63, 3.8) is 0 Å². The van der Waals surface area contributed by atoms with Gasteiger partial charge in [-0.15, -0.1) is 0 Å². The number of benzene rings is 3. The van der Waals surface area contributed by atoms with Gasteiger partial charge in [-0.25, -0.2) is 9.97 Å². The number of pyridine rings is 1. The molecule has 2 fully saturated rings. The Morgan fingerprint density at radius 2 is 1.31 bits per heavy atom. The largest absolute Gasteiger partial charge is 0.378 e. The predicted octanol–water partition coefficient (Wildman–Crippen LogP) is 4.80. The molecule has 45 heavy (non-hydrogen) atoms. The number of anilines is 4. The van der Waals surface area contributed by atoms with Gasteiger partial charge in [0.2, 0.25) is 0 Å². The van der Waals surface area contributed by atoms with Crippen molar-refractivity contribution in [2.45, 2.75) is 0 Å². The smallest absolute Gasteiger partial charge is 0.257 e. The van der Waals surface area contributed by atoms with Gasteiger partial charge < -0.3 is 34.9 Å². The molecule has 5 aromatic rings. The Kier molecular flexibility index (Phi) is 8.09.